The first-order valence-corrected chi connectivity index (χ1v) is 8.59. The van der Waals surface area contributed by atoms with Crippen LogP contribution in [0.1, 0.15) is 17.5 Å². The number of pyridine rings is 1. The van der Waals surface area contributed by atoms with E-state index in [0.717, 1.165) is 22.5 Å². The van der Waals surface area contributed by atoms with Crippen molar-refractivity contribution in [3.63, 3.8) is 0 Å². The summed E-state index contributed by atoms with van der Waals surface area (Å²) in [6.45, 7) is 1.62. The zero-order valence-electron chi connectivity index (χ0n) is 14.2. The molecule has 2 aromatic heterocycles. The standard InChI is InChI=1S/C19H19FN6/c20-15-6-8-25(12-16(15)22)19-24-17-10-23-7-5-18(17)26(19)11-14-3-1-13(9-21)2-4-14/h1-5,7,10,15-16H,6,8,11-12,22H2/t15-,16-/m1/s1. The Morgan fingerprint density at radius 3 is 2.81 bits per heavy atom. The Balaban J connectivity index is 1.73. The Kier molecular flexibility index (Phi) is 4.27. The number of nitrogens with two attached hydrogens (primary N) is 1. The summed E-state index contributed by atoms with van der Waals surface area (Å²) >= 11 is 0. The lowest BCUT2D eigenvalue weighted by atomic mass is 10.1. The number of anilines is 1. The smallest absolute Gasteiger partial charge is 0.206 e. The van der Waals surface area contributed by atoms with E-state index in [-0.39, 0.29) is 0 Å². The molecule has 2 N–H and O–H groups in total. The van der Waals surface area contributed by atoms with Gasteiger partial charge in [0.25, 0.3) is 0 Å². The maximum absolute atomic E-state index is 13.8. The second-order valence-electron chi connectivity index (χ2n) is 6.59. The van der Waals surface area contributed by atoms with Gasteiger partial charge in [-0.05, 0) is 30.2 Å². The largest absolute Gasteiger partial charge is 0.340 e. The van der Waals surface area contributed by atoms with Crippen LogP contribution < -0.4 is 10.6 Å². The summed E-state index contributed by atoms with van der Waals surface area (Å²) in [6.07, 6.45) is 2.90. The Morgan fingerprint density at radius 1 is 1.27 bits per heavy atom. The van der Waals surface area contributed by atoms with Crippen molar-refractivity contribution in [1.82, 2.24) is 14.5 Å². The zero-order chi connectivity index (χ0) is 18.1. The van der Waals surface area contributed by atoms with E-state index in [9.17, 15) is 4.39 Å². The molecular formula is C19H19FN6. The molecule has 7 heteroatoms. The SMILES string of the molecule is N#Cc1ccc(Cn2c(N3CC[C@@H](F)[C@H](N)C3)nc3cnccc32)cc1. The third-order valence-corrected chi connectivity index (χ3v) is 4.81. The van der Waals surface area contributed by atoms with Crippen LogP contribution in [0.25, 0.3) is 11.0 Å². The van der Waals surface area contributed by atoms with Crippen molar-refractivity contribution in [3.8, 4) is 6.07 Å². The molecule has 3 heterocycles. The number of nitriles is 1. The lowest BCUT2D eigenvalue weighted by Gasteiger charge is -2.34. The van der Waals surface area contributed by atoms with Gasteiger partial charge in [0.15, 0.2) is 0 Å². The summed E-state index contributed by atoms with van der Waals surface area (Å²) in [5, 5.41) is 8.97. The van der Waals surface area contributed by atoms with E-state index < -0.39 is 12.2 Å². The van der Waals surface area contributed by atoms with Crippen LogP contribution in [0, 0.1) is 11.3 Å². The minimum atomic E-state index is -0.968. The topological polar surface area (TPSA) is 83.8 Å². The van der Waals surface area contributed by atoms with Crippen LogP contribution in [0.15, 0.2) is 42.7 Å². The second kappa shape index (κ2) is 6.73. The number of halogens is 1. The summed E-state index contributed by atoms with van der Waals surface area (Å²) in [5.74, 6) is 0.778. The predicted molar refractivity (Wildman–Crippen MR) is 97.5 cm³/mol. The molecule has 0 bridgehead atoms. The van der Waals surface area contributed by atoms with Crippen molar-refractivity contribution in [2.24, 2.45) is 5.73 Å². The summed E-state index contributed by atoms with van der Waals surface area (Å²) in [6, 6.07) is 11.0. The van der Waals surface area contributed by atoms with Crippen molar-refractivity contribution in [3.05, 3.63) is 53.9 Å². The van der Waals surface area contributed by atoms with Crippen molar-refractivity contribution in [2.45, 2.75) is 25.2 Å². The van der Waals surface area contributed by atoms with Crippen molar-refractivity contribution >= 4 is 17.0 Å². The highest BCUT2D eigenvalue weighted by Gasteiger charge is 2.29. The number of imidazole rings is 1. The van der Waals surface area contributed by atoms with E-state index in [1.807, 2.05) is 23.1 Å². The van der Waals surface area contributed by atoms with E-state index in [1.54, 1.807) is 24.5 Å². The molecular weight excluding hydrogens is 331 g/mol. The molecule has 132 valence electrons. The van der Waals surface area contributed by atoms with Crippen LogP contribution in [0.3, 0.4) is 0 Å². The lowest BCUT2D eigenvalue weighted by Crippen LogP contribution is -2.50. The minimum Gasteiger partial charge on any atom is -0.340 e. The second-order valence-corrected chi connectivity index (χ2v) is 6.59. The molecule has 2 atom stereocenters. The third-order valence-electron chi connectivity index (χ3n) is 4.81. The molecule has 0 spiro atoms. The van der Waals surface area contributed by atoms with Gasteiger partial charge in [0.1, 0.15) is 11.7 Å². The number of alkyl halides is 1. The summed E-state index contributed by atoms with van der Waals surface area (Å²) < 4.78 is 15.9. The summed E-state index contributed by atoms with van der Waals surface area (Å²) in [7, 11) is 0. The molecule has 4 rings (SSSR count). The zero-order valence-corrected chi connectivity index (χ0v) is 14.2. The molecule has 1 aromatic carbocycles. The molecule has 0 aliphatic carbocycles. The van der Waals surface area contributed by atoms with E-state index in [4.69, 9.17) is 16.0 Å². The van der Waals surface area contributed by atoms with Crippen LogP contribution in [-0.4, -0.2) is 39.8 Å². The molecule has 1 saturated heterocycles. The quantitative estimate of drug-likeness (QED) is 0.783. The first-order valence-electron chi connectivity index (χ1n) is 8.59. The van der Waals surface area contributed by atoms with Crippen LogP contribution in [0.2, 0.25) is 0 Å². The molecule has 0 saturated carbocycles. The lowest BCUT2D eigenvalue weighted by molar-refractivity contribution is 0.243. The molecule has 0 amide bonds. The van der Waals surface area contributed by atoms with Gasteiger partial charge < -0.3 is 15.2 Å². The van der Waals surface area contributed by atoms with Gasteiger partial charge in [-0.2, -0.15) is 5.26 Å². The maximum atomic E-state index is 13.8. The summed E-state index contributed by atoms with van der Waals surface area (Å²) in [4.78, 5) is 10.9. The molecule has 0 radical (unpaired) electrons. The van der Waals surface area contributed by atoms with E-state index in [0.29, 0.717) is 31.6 Å². The Labute approximate surface area is 150 Å². The molecule has 3 aromatic rings. The van der Waals surface area contributed by atoms with Crippen LogP contribution >= 0.6 is 0 Å². The van der Waals surface area contributed by atoms with Gasteiger partial charge in [-0.1, -0.05) is 12.1 Å². The van der Waals surface area contributed by atoms with Gasteiger partial charge in [0, 0.05) is 19.3 Å². The highest BCUT2D eigenvalue weighted by molar-refractivity contribution is 5.78. The van der Waals surface area contributed by atoms with Crippen LogP contribution in [-0.2, 0) is 6.54 Å². The third kappa shape index (κ3) is 3.00. The normalized spacial score (nSPS) is 20.3. The van der Waals surface area contributed by atoms with Crippen molar-refractivity contribution < 1.29 is 4.39 Å². The molecule has 1 aliphatic rings. The van der Waals surface area contributed by atoms with Gasteiger partial charge in [-0.25, -0.2) is 9.37 Å². The number of rotatable bonds is 3. The maximum Gasteiger partial charge on any atom is 0.206 e. The number of piperidine rings is 1. The Hall–Kier alpha value is -2.98. The fraction of sp³-hybridized carbons (Fsp3) is 0.316. The number of aromatic nitrogens is 3. The predicted octanol–water partition coefficient (Wildman–Crippen LogP) is 2.23. The number of fused-ring (bicyclic) bond motifs is 1. The number of benzene rings is 1. The van der Waals surface area contributed by atoms with Gasteiger partial charge in [-0.3, -0.25) is 4.98 Å². The number of hydrogen-bond acceptors (Lipinski definition) is 5. The molecule has 6 nitrogen and oxygen atoms in total. The first kappa shape index (κ1) is 16.5. The number of hydrogen-bond donors (Lipinski definition) is 1. The van der Waals surface area contributed by atoms with E-state index in [1.165, 1.54) is 0 Å². The highest BCUT2D eigenvalue weighted by atomic mass is 19.1. The van der Waals surface area contributed by atoms with Gasteiger partial charge in [0.05, 0.1) is 35.9 Å². The Morgan fingerprint density at radius 2 is 2.08 bits per heavy atom. The number of nitrogens with zero attached hydrogens (tertiary/aromatic N) is 5. The molecule has 1 fully saturated rings. The average molecular weight is 350 g/mol. The fourth-order valence-electron chi connectivity index (χ4n) is 3.37. The van der Waals surface area contributed by atoms with Crippen molar-refractivity contribution in [2.75, 3.05) is 18.0 Å². The molecule has 0 unspecified atom stereocenters. The molecule has 26 heavy (non-hydrogen) atoms. The van der Waals surface area contributed by atoms with Crippen LogP contribution in [0.5, 0.6) is 0 Å². The first-order chi connectivity index (χ1) is 12.7. The van der Waals surface area contributed by atoms with Crippen LogP contribution in [0.4, 0.5) is 10.3 Å². The van der Waals surface area contributed by atoms with Gasteiger partial charge in [-0.15, -0.1) is 0 Å². The van der Waals surface area contributed by atoms with Gasteiger partial charge >= 0.3 is 0 Å². The summed E-state index contributed by atoms with van der Waals surface area (Å²) in [5.41, 5.74) is 9.39. The Bertz CT molecular complexity index is 958. The molecule has 1 aliphatic heterocycles. The average Bonchev–Trinajstić information content (AvgIpc) is 3.03. The monoisotopic (exact) mass is 350 g/mol. The minimum absolute atomic E-state index is 0.402. The van der Waals surface area contributed by atoms with E-state index >= 15 is 0 Å². The van der Waals surface area contributed by atoms with E-state index in [2.05, 4.69) is 15.6 Å². The fourth-order valence-corrected chi connectivity index (χ4v) is 3.37. The van der Waals surface area contributed by atoms with Crippen molar-refractivity contribution in [1.29, 1.82) is 5.26 Å². The highest BCUT2D eigenvalue weighted by Crippen LogP contribution is 2.26. The van der Waals surface area contributed by atoms with Gasteiger partial charge in [0.2, 0.25) is 5.95 Å².